The minimum absolute atomic E-state index is 0.00263. The summed E-state index contributed by atoms with van der Waals surface area (Å²) < 4.78 is 0. The first-order chi connectivity index (χ1) is 9.69. The first kappa shape index (κ1) is 17.0. The summed E-state index contributed by atoms with van der Waals surface area (Å²) in [6, 6.07) is 0. The maximum absolute atomic E-state index is 12.0. The van der Waals surface area contributed by atoms with Crippen LogP contribution in [0.2, 0.25) is 0 Å². The maximum atomic E-state index is 12.0. The van der Waals surface area contributed by atoms with Gasteiger partial charge in [0, 0.05) is 12.1 Å². The molecule has 1 fully saturated rings. The minimum Gasteiger partial charge on any atom is -0.349 e. The predicted octanol–water partition coefficient (Wildman–Crippen LogP) is 3.04. The van der Waals surface area contributed by atoms with Crippen molar-refractivity contribution in [2.75, 3.05) is 20.1 Å². The summed E-state index contributed by atoms with van der Waals surface area (Å²) in [7, 11) is 1.98. The zero-order chi connectivity index (χ0) is 14.8. The Balaban J connectivity index is 2.43. The number of nitrogens with one attached hydrogen (secondary N) is 2. The Bertz CT molecular complexity index is 321. The molecular formula is C17H30N2O. The highest BCUT2D eigenvalue weighted by molar-refractivity contribution is 5.93. The molecule has 2 N–H and O–H groups in total. The lowest BCUT2D eigenvalue weighted by Crippen LogP contribution is -2.29. The van der Waals surface area contributed by atoms with Gasteiger partial charge >= 0.3 is 0 Å². The number of rotatable bonds is 11. The van der Waals surface area contributed by atoms with Gasteiger partial charge in [-0.3, -0.25) is 4.79 Å². The van der Waals surface area contributed by atoms with Crippen LogP contribution in [0, 0.1) is 11.8 Å². The number of amides is 1. The van der Waals surface area contributed by atoms with Gasteiger partial charge in [0.1, 0.15) is 0 Å². The van der Waals surface area contributed by atoms with Crippen molar-refractivity contribution in [2.24, 2.45) is 11.8 Å². The Kier molecular flexibility index (Phi) is 8.28. The molecule has 0 aromatic carbocycles. The molecule has 0 heterocycles. The normalized spacial score (nSPS) is 16.2. The summed E-state index contributed by atoms with van der Waals surface area (Å²) >= 11 is 0. The van der Waals surface area contributed by atoms with Crippen LogP contribution in [0.1, 0.15) is 44.9 Å². The van der Waals surface area contributed by atoms with Gasteiger partial charge in [0.25, 0.3) is 0 Å². The first-order valence-electron chi connectivity index (χ1n) is 7.91. The monoisotopic (exact) mass is 278 g/mol. The largest absolute Gasteiger partial charge is 0.349 e. The molecule has 20 heavy (non-hydrogen) atoms. The molecule has 1 rings (SSSR count). The van der Waals surface area contributed by atoms with Crippen molar-refractivity contribution in [3.8, 4) is 0 Å². The number of unbranched alkanes of at least 4 members (excludes halogenated alkanes) is 1. The fourth-order valence-electron chi connectivity index (χ4n) is 2.72. The zero-order valence-corrected chi connectivity index (χ0v) is 12.9. The topological polar surface area (TPSA) is 41.1 Å². The maximum Gasteiger partial charge on any atom is 0.247 e. The van der Waals surface area contributed by atoms with Gasteiger partial charge in [0.2, 0.25) is 5.91 Å². The van der Waals surface area contributed by atoms with Crippen molar-refractivity contribution in [2.45, 2.75) is 44.9 Å². The summed E-state index contributed by atoms with van der Waals surface area (Å²) in [5.74, 6) is 1.16. The molecule has 0 radical (unpaired) electrons. The molecule has 0 aliphatic heterocycles. The van der Waals surface area contributed by atoms with Crippen LogP contribution in [0.15, 0.2) is 24.8 Å². The average Bonchev–Trinajstić information content (AvgIpc) is 2.41. The molecule has 0 aromatic heterocycles. The third-order valence-corrected chi connectivity index (χ3v) is 4.26. The summed E-state index contributed by atoms with van der Waals surface area (Å²) in [5.41, 5.74) is 0.767. The Hall–Kier alpha value is -1.09. The van der Waals surface area contributed by atoms with E-state index in [-0.39, 0.29) is 5.91 Å². The van der Waals surface area contributed by atoms with Crippen LogP contribution in [0.3, 0.4) is 0 Å². The van der Waals surface area contributed by atoms with Gasteiger partial charge in [-0.25, -0.2) is 0 Å². The Morgan fingerprint density at radius 1 is 1.40 bits per heavy atom. The second-order valence-electron chi connectivity index (χ2n) is 5.85. The second-order valence-corrected chi connectivity index (χ2v) is 5.85. The lowest BCUT2D eigenvalue weighted by atomic mass is 9.76. The molecule has 1 atom stereocenters. The average molecular weight is 278 g/mol. The predicted molar refractivity (Wildman–Crippen MR) is 85.6 cm³/mol. The van der Waals surface area contributed by atoms with Crippen molar-refractivity contribution in [1.82, 2.24) is 10.6 Å². The quantitative estimate of drug-likeness (QED) is 0.346. The molecular weight excluding hydrogens is 248 g/mol. The fourth-order valence-corrected chi connectivity index (χ4v) is 2.72. The molecule has 3 heteroatoms. The zero-order valence-electron chi connectivity index (χ0n) is 12.9. The van der Waals surface area contributed by atoms with E-state index in [2.05, 4.69) is 23.8 Å². The number of hydrogen-bond acceptors (Lipinski definition) is 2. The highest BCUT2D eigenvalue weighted by atomic mass is 16.1. The van der Waals surface area contributed by atoms with Gasteiger partial charge in [0.15, 0.2) is 0 Å². The van der Waals surface area contributed by atoms with Gasteiger partial charge < -0.3 is 10.6 Å². The molecule has 1 unspecified atom stereocenters. The molecule has 0 aromatic rings. The number of carbonyl (C=O) groups is 1. The van der Waals surface area contributed by atoms with E-state index >= 15 is 0 Å². The van der Waals surface area contributed by atoms with Gasteiger partial charge in [-0.1, -0.05) is 38.3 Å². The molecule has 114 valence electrons. The van der Waals surface area contributed by atoms with Crippen molar-refractivity contribution in [3.63, 3.8) is 0 Å². The van der Waals surface area contributed by atoms with Crippen LogP contribution >= 0.6 is 0 Å². The van der Waals surface area contributed by atoms with E-state index in [1.54, 1.807) is 6.08 Å². The Morgan fingerprint density at radius 3 is 2.70 bits per heavy atom. The van der Waals surface area contributed by atoms with Crippen LogP contribution in [0.25, 0.3) is 0 Å². The first-order valence-corrected chi connectivity index (χ1v) is 7.91. The molecule has 1 aliphatic rings. The number of carbonyl (C=O) groups excluding carboxylic acids is 1. The summed E-state index contributed by atoms with van der Waals surface area (Å²) in [4.78, 5) is 12.0. The van der Waals surface area contributed by atoms with Crippen LogP contribution in [-0.4, -0.2) is 26.0 Å². The van der Waals surface area contributed by atoms with E-state index in [0.29, 0.717) is 12.5 Å². The van der Waals surface area contributed by atoms with Gasteiger partial charge in [-0.2, -0.15) is 0 Å². The summed E-state index contributed by atoms with van der Waals surface area (Å²) in [5, 5.41) is 6.03. The minimum atomic E-state index is 0.00263. The van der Waals surface area contributed by atoms with E-state index in [4.69, 9.17) is 0 Å². The number of hydrogen-bond donors (Lipinski definition) is 2. The highest BCUT2D eigenvalue weighted by Gasteiger charge is 2.25. The standard InChI is InChI=1S/C17H30N2O/c1-4-11-19-17(20)14(2)16(10-5-6-12-18-3)13-15-8-7-9-15/h4,15-16,18H,1-2,5-13H2,3H3,(H,19,20). The summed E-state index contributed by atoms with van der Waals surface area (Å²) in [6.07, 6.45) is 10.3. The fraction of sp³-hybridized carbons (Fsp3) is 0.706. The van der Waals surface area contributed by atoms with Crippen LogP contribution in [0.4, 0.5) is 0 Å². The van der Waals surface area contributed by atoms with E-state index < -0.39 is 0 Å². The third-order valence-electron chi connectivity index (χ3n) is 4.26. The molecule has 0 bridgehead atoms. The lowest BCUT2D eigenvalue weighted by molar-refractivity contribution is -0.117. The molecule has 0 saturated heterocycles. The van der Waals surface area contributed by atoms with Gasteiger partial charge in [-0.05, 0) is 44.7 Å². The molecule has 1 amide bonds. The Morgan fingerprint density at radius 2 is 2.15 bits per heavy atom. The highest BCUT2D eigenvalue weighted by Crippen LogP contribution is 2.36. The van der Waals surface area contributed by atoms with Crippen molar-refractivity contribution in [1.29, 1.82) is 0 Å². The van der Waals surface area contributed by atoms with E-state index in [1.165, 1.54) is 25.7 Å². The van der Waals surface area contributed by atoms with Crippen molar-refractivity contribution >= 4 is 5.91 Å². The van der Waals surface area contributed by atoms with Crippen molar-refractivity contribution < 1.29 is 4.79 Å². The molecule has 1 aliphatic carbocycles. The van der Waals surface area contributed by atoms with E-state index in [0.717, 1.165) is 37.3 Å². The summed E-state index contributed by atoms with van der Waals surface area (Å²) in [6.45, 7) is 9.25. The van der Waals surface area contributed by atoms with Gasteiger partial charge in [-0.15, -0.1) is 6.58 Å². The lowest BCUT2D eigenvalue weighted by Gasteiger charge is -2.30. The molecule has 3 nitrogen and oxygen atoms in total. The van der Waals surface area contributed by atoms with E-state index in [9.17, 15) is 4.79 Å². The third kappa shape index (κ3) is 5.91. The van der Waals surface area contributed by atoms with Crippen LogP contribution in [-0.2, 0) is 4.79 Å². The SMILES string of the molecule is C=CCNC(=O)C(=C)C(CCCCNC)CC1CCC1. The molecule has 1 saturated carbocycles. The molecule has 0 spiro atoms. The van der Waals surface area contributed by atoms with Crippen LogP contribution in [0.5, 0.6) is 0 Å². The smallest absolute Gasteiger partial charge is 0.247 e. The van der Waals surface area contributed by atoms with Crippen molar-refractivity contribution in [3.05, 3.63) is 24.8 Å². The van der Waals surface area contributed by atoms with Gasteiger partial charge in [0.05, 0.1) is 0 Å². The van der Waals surface area contributed by atoms with E-state index in [1.807, 2.05) is 7.05 Å². The van der Waals surface area contributed by atoms with Crippen LogP contribution < -0.4 is 10.6 Å². The second kappa shape index (κ2) is 9.76. The Labute approximate surface area is 123 Å².